The lowest BCUT2D eigenvalue weighted by atomic mass is 10.2. The van der Waals surface area contributed by atoms with Crippen molar-refractivity contribution in [2.24, 2.45) is 0 Å². The summed E-state index contributed by atoms with van der Waals surface area (Å²) in [5.41, 5.74) is 1.24. The summed E-state index contributed by atoms with van der Waals surface area (Å²) >= 11 is 0. The average molecular weight is 219 g/mol. The van der Waals surface area contributed by atoms with Crippen LogP contribution >= 0.6 is 0 Å². The van der Waals surface area contributed by atoms with Gasteiger partial charge in [0.2, 0.25) is 0 Å². The van der Waals surface area contributed by atoms with E-state index in [1.54, 1.807) is 23.1 Å². The number of hydrogen-bond donors (Lipinski definition) is 0. The molecule has 0 amide bonds. The average Bonchev–Trinajstić information content (AvgIpc) is 2.72. The fraction of sp³-hybridized carbons (Fsp3) is 0.364. The van der Waals surface area contributed by atoms with Crippen molar-refractivity contribution in [2.45, 2.75) is 19.9 Å². The molecule has 2 rings (SSSR count). The Labute approximate surface area is 93.0 Å². The van der Waals surface area contributed by atoms with Gasteiger partial charge in [-0.15, -0.1) is 0 Å². The van der Waals surface area contributed by atoms with Crippen LogP contribution in [0.15, 0.2) is 18.5 Å². The first-order valence-corrected chi connectivity index (χ1v) is 5.16. The number of esters is 1. The van der Waals surface area contributed by atoms with E-state index in [0.717, 1.165) is 24.0 Å². The molecule has 0 saturated heterocycles. The van der Waals surface area contributed by atoms with Crippen LogP contribution in [0.4, 0.5) is 0 Å². The molecule has 0 atom stereocenters. The number of ether oxygens (including phenoxy) is 1. The van der Waals surface area contributed by atoms with E-state index >= 15 is 0 Å². The van der Waals surface area contributed by atoms with Gasteiger partial charge >= 0.3 is 5.97 Å². The third kappa shape index (κ3) is 1.64. The molecule has 0 unspecified atom stereocenters. The second-order valence-corrected chi connectivity index (χ2v) is 3.46. The zero-order valence-electron chi connectivity index (χ0n) is 9.30. The summed E-state index contributed by atoms with van der Waals surface area (Å²) in [4.78, 5) is 15.7. The summed E-state index contributed by atoms with van der Waals surface area (Å²) in [6.45, 7) is 2.86. The predicted molar refractivity (Wildman–Crippen MR) is 59.2 cm³/mol. The van der Waals surface area contributed by atoms with Crippen molar-refractivity contribution in [3.8, 4) is 0 Å². The summed E-state index contributed by atoms with van der Waals surface area (Å²) in [5, 5.41) is 4.95. The van der Waals surface area contributed by atoms with E-state index in [2.05, 4.69) is 17.0 Å². The minimum Gasteiger partial charge on any atom is -0.465 e. The van der Waals surface area contributed by atoms with Gasteiger partial charge in [0.05, 0.1) is 24.3 Å². The van der Waals surface area contributed by atoms with Gasteiger partial charge in [-0.05, 0) is 12.5 Å². The summed E-state index contributed by atoms with van der Waals surface area (Å²) < 4.78 is 6.50. The largest absolute Gasteiger partial charge is 0.465 e. The zero-order valence-corrected chi connectivity index (χ0v) is 9.30. The number of fused-ring (bicyclic) bond motifs is 1. The molecule has 2 heterocycles. The summed E-state index contributed by atoms with van der Waals surface area (Å²) in [7, 11) is 1.37. The number of nitrogens with zero attached hydrogens (tertiary/aromatic N) is 3. The van der Waals surface area contributed by atoms with Crippen LogP contribution in [-0.4, -0.2) is 27.8 Å². The third-order valence-corrected chi connectivity index (χ3v) is 2.38. The lowest BCUT2D eigenvalue weighted by Gasteiger charge is -2.02. The third-order valence-electron chi connectivity index (χ3n) is 2.38. The van der Waals surface area contributed by atoms with Gasteiger partial charge in [-0.2, -0.15) is 5.10 Å². The van der Waals surface area contributed by atoms with Crippen LogP contribution in [0.25, 0.3) is 11.0 Å². The topological polar surface area (TPSA) is 57.0 Å². The van der Waals surface area contributed by atoms with Gasteiger partial charge in [0.1, 0.15) is 0 Å². The molecule has 0 spiro atoms. The molecule has 2 aromatic rings. The normalized spacial score (nSPS) is 10.6. The van der Waals surface area contributed by atoms with Gasteiger partial charge in [-0.3, -0.25) is 0 Å². The Balaban J connectivity index is 2.57. The van der Waals surface area contributed by atoms with Crippen LogP contribution in [0, 0.1) is 0 Å². The smallest absolute Gasteiger partial charge is 0.338 e. The highest BCUT2D eigenvalue weighted by Crippen LogP contribution is 2.17. The van der Waals surface area contributed by atoms with Crippen LogP contribution < -0.4 is 0 Å². The zero-order chi connectivity index (χ0) is 11.5. The van der Waals surface area contributed by atoms with Gasteiger partial charge in [-0.1, -0.05) is 6.92 Å². The van der Waals surface area contributed by atoms with Crippen molar-refractivity contribution in [1.29, 1.82) is 0 Å². The molecule has 0 aliphatic rings. The molecule has 16 heavy (non-hydrogen) atoms. The van der Waals surface area contributed by atoms with Crippen molar-refractivity contribution in [2.75, 3.05) is 7.11 Å². The molecule has 5 nitrogen and oxygen atoms in total. The molecule has 2 aromatic heterocycles. The first kappa shape index (κ1) is 10.6. The minimum atomic E-state index is -0.358. The molecule has 0 aliphatic heterocycles. The first-order valence-electron chi connectivity index (χ1n) is 5.16. The lowest BCUT2D eigenvalue weighted by molar-refractivity contribution is 0.0603. The van der Waals surface area contributed by atoms with Crippen molar-refractivity contribution in [1.82, 2.24) is 14.8 Å². The van der Waals surface area contributed by atoms with E-state index in [-0.39, 0.29) is 5.97 Å². The Hall–Kier alpha value is -1.91. The molecule has 0 aliphatic carbocycles. The Morgan fingerprint density at radius 3 is 3.06 bits per heavy atom. The van der Waals surface area contributed by atoms with Crippen LogP contribution in [0.5, 0.6) is 0 Å². The fourth-order valence-corrected chi connectivity index (χ4v) is 1.64. The predicted octanol–water partition coefficient (Wildman–Crippen LogP) is 1.63. The van der Waals surface area contributed by atoms with E-state index < -0.39 is 0 Å². The SMILES string of the molecule is CCCn1ncc2c(C(=O)OC)ccnc21. The van der Waals surface area contributed by atoms with Gasteiger partial charge in [0.15, 0.2) is 5.65 Å². The summed E-state index contributed by atoms with van der Waals surface area (Å²) in [5.74, 6) is -0.358. The molecule has 0 N–H and O–H groups in total. The van der Waals surface area contributed by atoms with Crippen LogP contribution in [-0.2, 0) is 11.3 Å². The van der Waals surface area contributed by atoms with Crippen molar-refractivity contribution < 1.29 is 9.53 Å². The molecular weight excluding hydrogens is 206 g/mol. The molecule has 5 heteroatoms. The van der Waals surface area contributed by atoms with Crippen molar-refractivity contribution in [3.05, 3.63) is 24.0 Å². The van der Waals surface area contributed by atoms with Crippen LogP contribution in [0.2, 0.25) is 0 Å². The molecule has 0 radical (unpaired) electrons. The number of methoxy groups -OCH3 is 1. The maximum atomic E-state index is 11.5. The Bertz CT molecular complexity index is 519. The molecular formula is C11H13N3O2. The number of rotatable bonds is 3. The van der Waals surface area contributed by atoms with Gasteiger partial charge in [0, 0.05) is 12.7 Å². The summed E-state index contributed by atoms with van der Waals surface area (Å²) in [6, 6.07) is 1.64. The van der Waals surface area contributed by atoms with Crippen LogP contribution in [0.3, 0.4) is 0 Å². The standard InChI is InChI=1S/C11H13N3O2/c1-3-6-14-10-9(7-13-14)8(4-5-12-10)11(15)16-2/h4-5,7H,3,6H2,1-2H3. The van der Waals surface area contributed by atoms with E-state index in [0.29, 0.717) is 5.56 Å². The highest BCUT2D eigenvalue weighted by atomic mass is 16.5. The minimum absolute atomic E-state index is 0.358. The Kier molecular flexibility index (Phi) is 2.85. The van der Waals surface area contributed by atoms with E-state index in [9.17, 15) is 4.79 Å². The number of aryl methyl sites for hydroxylation is 1. The first-order chi connectivity index (χ1) is 7.77. The van der Waals surface area contributed by atoms with E-state index in [4.69, 9.17) is 4.74 Å². The highest BCUT2D eigenvalue weighted by molar-refractivity contribution is 6.02. The number of aromatic nitrogens is 3. The number of hydrogen-bond acceptors (Lipinski definition) is 4. The van der Waals surface area contributed by atoms with E-state index in [1.807, 2.05) is 0 Å². The molecule has 84 valence electrons. The van der Waals surface area contributed by atoms with Gasteiger partial charge in [-0.25, -0.2) is 14.5 Å². The highest BCUT2D eigenvalue weighted by Gasteiger charge is 2.13. The second-order valence-electron chi connectivity index (χ2n) is 3.46. The Morgan fingerprint density at radius 1 is 1.56 bits per heavy atom. The maximum absolute atomic E-state index is 11.5. The number of pyridine rings is 1. The van der Waals surface area contributed by atoms with Gasteiger partial charge < -0.3 is 4.74 Å². The maximum Gasteiger partial charge on any atom is 0.338 e. The summed E-state index contributed by atoms with van der Waals surface area (Å²) in [6.07, 6.45) is 4.23. The molecule has 0 fully saturated rings. The quantitative estimate of drug-likeness (QED) is 0.736. The van der Waals surface area contributed by atoms with Crippen molar-refractivity contribution in [3.63, 3.8) is 0 Å². The van der Waals surface area contributed by atoms with Crippen LogP contribution in [0.1, 0.15) is 23.7 Å². The van der Waals surface area contributed by atoms with Crippen molar-refractivity contribution >= 4 is 17.0 Å². The number of carbonyl (C=O) groups excluding carboxylic acids is 1. The van der Waals surface area contributed by atoms with E-state index in [1.165, 1.54) is 7.11 Å². The second kappa shape index (κ2) is 4.30. The lowest BCUT2D eigenvalue weighted by Crippen LogP contribution is -2.03. The monoisotopic (exact) mass is 219 g/mol. The Morgan fingerprint density at radius 2 is 2.38 bits per heavy atom. The fourth-order valence-electron chi connectivity index (χ4n) is 1.64. The molecule has 0 bridgehead atoms. The number of carbonyl (C=O) groups is 1. The van der Waals surface area contributed by atoms with Gasteiger partial charge in [0.25, 0.3) is 0 Å². The molecule has 0 saturated carbocycles. The molecule has 0 aromatic carbocycles.